The molecule has 4 nitrogen and oxygen atoms in total. The highest BCUT2D eigenvalue weighted by Gasteiger charge is 2.15. The van der Waals surface area contributed by atoms with Crippen LogP contribution >= 0.6 is 0 Å². The van der Waals surface area contributed by atoms with E-state index in [9.17, 15) is 4.79 Å². The van der Waals surface area contributed by atoms with Crippen LogP contribution in [0.25, 0.3) is 0 Å². The van der Waals surface area contributed by atoms with Gasteiger partial charge in [-0.1, -0.05) is 43.7 Å². The standard InChI is InChI=1S/C10H13NO3.C2H6/c1-7-2-4-8(5-3-7)6-9(11)10(12)14-13;1-2/h2-5,9,13H,6,11H2,1H3;1-2H3. The molecule has 1 aromatic rings. The van der Waals surface area contributed by atoms with E-state index in [1.807, 2.05) is 45.0 Å². The van der Waals surface area contributed by atoms with Crippen molar-refractivity contribution in [1.29, 1.82) is 0 Å². The van der Waals surface area contributed by atoms with E-state index in [2.05, 4.69) is 4.89 Å². The molecule has 1 atom stereocenters. The van der Waals surface area contributed by atoms with Crippen LogP contribution in [-0.2, 0) is 16.1 Å². The minimum atomic E-state index is -0.817. The predicted octanol–water partition coefficient (Wildman–Crippen LogP) is 1.91. The number of rotatable bonds is 3. The van der Waals surface area contributed by atoms with Crippen LogP contribution in [0.4, 0.5) is 0 Å². The van der Waals surface area contributed by atoms with Gasteiger partial charge in [0.15, 0.2) is 0 Å². The number of carbonyl (C=O) groups excluding carboxylic acids is 1. The summed E-state index contributed by atoms with van der Waals surface area (Å²) in [4.78, 5) is 14.3. The van der Waals surface area contributed by atoms with Crippen LogP contribution in [-0.4, -0.2) is 17.3 Å². The van der Waals surface area contributed by atoms with Crippen molar-refractivity contribution < 1.29 is 14.9 Å². The molecular weight excluding hydrogens is 206 g/mol. The average molecular weight is 225 g/mol. The third kappa shape index (κ3) is 4.91. The van der Waals surface area contributed by atoms with E-state index in [4.69, 9.17) is 11.0 Å². The van der Waals surface area contributed by atoms with Gasteiger partial charge in [0.2, 0.25) is 0 Å². The van der Waals surface area contributed by atoms with Crippen molar-refractivity contribution in [2.24, 2.45) is 5.73 Å². The van der Waals surface area contributed by atoms with Gasteiger partial charge in [0, 0.05) is 0 Å². The molecule has 0 spiro atoms. The number of benzene rings is 1. The zero-order valence-corrected chi connectivity index (χ0v) is 9.93. The molecule has 0 amide bonds. The van der Waals surface area contributed by atoms with Gasteiger partial charge in [-0.3, -0.25) is 4.89 Å². The first-order valence-corrected chi connectivity index (χ1v) is 5.30. The lowest BCUT2D eigenvalue weighted by Crippen LogP contribution is -2.33. The highest BCUT2D eigenvalue weighted by atomic mass is 17.1. The molecule has 16 heavy (non-hydrogen) atoms. The van der Waals surface area contributed by atoms with Gasteiger partial charge in [0.25, 0.3) is 0 Å². The number of nitrogens with two attached hydrogens (primary N) is 1. The molecule has 0 fully saturated rings. The molecule has 0 bridgehead atoms. The van der Waals surface area contributed by atoms with Gasteiger partial charge in [0.05, 0.1) is 0 Å². The van der Waals surface area contributed by atoms with Gasteiger partial charge in [-0.2, -0.15) is 5.26 Å². The molecule has 0 aliphatic heterocycles. The van der Waals surface area contributed by atoms with E-state index in [0.717, 1.165) is 11.1 Å². The van der Waals surface area contributed by atoms with E-state index in [1.54, 1.807) is 0 Å². The Morgan fingerprint density at radius 2 is 1.88 bits per heavy atom. The number of hydrogen-bond acceptors (Lipinski definition) is 4. The van der Waals surface area contributed by atoms with Crippen LogP contribution in [0.2, 0.25) is 0 Å². The summed E-state index contributed by atoms with van der Waals surface area (Å²) in [6.07, 6.45) is 0.361. The highest BCUT2D eigenvalue weighted by Crippen LogP contribution is 2.05. The monoisotopic (exact) mass is 225 g/mol. The van der Waals surface area contributed by atoms with E-state index >= 15 is 0 Å². The van der Waals surface area contributed by atoms with Gasteiger partial charge in [-0.25, -0.2) is 4.79 Å². The average Bonchev–Trinajstić information content (AvgIpc) is 2.33. The van der Waals surface area contributed by atoms with Gasteiger partial charge >= 0.3 is 5.97 Å². The Morgan fingerprint density at radius 3 is 2.31 bits per heavy atom. The zero-order chi connectivity index (χ0) is 12.6. The maximum atomic E-state index is 10.8. The summed E-state index contributed by atoms with van der Waals surface area (Å²) >= 11 is 0. The Labute approximate surface area is 96.0 Å². The molecule has 0 saturated heterocycles. The lowest BCUT2D eigenvalue weighted by molar-refractivity contribution is -0.235. The highest BCUT2D eigenvalue weighted by molar-refractivity contribution is 5.75. The second-order valence-corrected chi connectivity index (χ2v) is 3.21. The summed E-state index contributed by atoms with van der Waals surface area (Å²) in [5.74, 6) is -0.814. The van der Waals surface area contributed by atoms with Crippen molar-refractivity contribution >= 4 is 5.97 Å². The molecule has 0 aliphatic carbocycles. The molecule has 90 valence electrons. The summed E-state index contributed by atoms with van der Waals surface area (Å²) in [5, 5.41) is 8.10. The second-order valence-electron chi connectivity index (χ2n) is 3.21. The number of hydrogen-bond donors (Lipinski definition) is 2. The van der Waals surface area contributed by atoms with Crippen molar-refractivity contribution in [1.82, 2.24) is 0 Å². The Bertz CT molecular complexity index is 309. The molecule has 0 radical (unpaired) electrons. The second kappa shape index (κ2) is 7.84. The zero-order valence-electron chi connectivity index (χ0n) is 9.93. The smallest absolute Gasteiger partial charge is 0.318 e. The predicted molar refractivity (Wildman–Crippen MR) is 62.9 cm³/mol. The van der Waals surface area contributed by atoms with Crippen molar-refractivity contribution in [3.8, 4) is 0 Å². The van der Waals surface area contributed by atoms with Crippen molar-refractivity contribution in [3.63, 3.8) is 0 Å². The van der Waals surface area contributed by atoms with E-state index < -0.39 is 12.0 Å². The quantitative estimate of drug-likeness (QED) is 0.608. The molecular formula is C12H19NO3. The minimum Gasteiger partial charge on any atom is -0.318 e. The van der Waals surface area contributed by atoms with E-state index in [0.29, 0.717) is 6.42 Å². The van der Waals surface area contributed by atoms with E-state index in [1.165, 1.54) is 0 Å². The Kier molecular flexibility index (Phi) is 7.16. The summed E-state index contributed by atoms with van der Waals surface area (Å²) in [6.45, 7) is 5.98. The van der Waals surface area contributed by atoms with Crippen LogP contribution in [0.1, 0.15) is 25.0 Å². The lowest BCUT2D eigenvalue weighted by Gasteiger charge is -2.07. The lowest BCUT2D eigenvalue weighted by atomic mass is 10.1. The molecule has 0 aromatic heterocycles. The molecule has 0 saturated carbocycles. The van der Waals surface area contributed by atoms with Crippen molar-refractivity contribution in [3.05, 3.63) is 35.4 Å². The maximum absolute atomic E-state index is 10.8. The first-order chi connectivity index (χ1) is 7.63. The van der Waals surface area contributed by atoms with Gasteiger partial charge in [-0.15, -0.1) is 0 Å². The fraction of sp³-hybridized carbons (Fsp3) is 0.417. The fourth-order valence-electron chi connectivity index (χ4n) is 1.13. The van der Waals surface area contributed by atoms with Crippen LogP contribution in [0, 0.1) is 6.92 Å². The Hall–Kier alpha value is -1.39. The van der Waals surface area contributed by atoms with Crippen molar-refractivity contribution in [2.75, 3.05) is 0 Å². The Morgan fingerprint density at radius 1 is 1.38 bits per heavy atom. The summed E-state index contributed by atoms with van der Waals surface area (Å²) in [6, 6.07) is 6.83. The normalized spacial score (nSPS) is 11.1. The topological polar surface area (TPSA) is 72.6 Å². The third-order valence-corrected chi connectivity index (χ3v) is 1.97. The summed E-state index contributed by atoms with van der Waals surface area (Å²) < 4.78 is 0. The van der Waals surface area contributed by atoms with Gasteiger partial charge in [0.1, 0.15) is 6.04 Å². The summed E-state index contributed by atoms with van der Waals surface area (Å²) in [5.41, 5.74) is 7.55. The molecule has 1 unspecified atom stereocenters. The van der Waals surface area contributed by atoms with Crippen LogP contribution in [0.3, 0.4) is 0 Å². The number of aryl methyl sites for hydroxylation is 1. The van der Waals surface area contributed by atoms with Gasteiger partial charge < -0.3 is 5.73 Å². The first-order valence-electron chi connectivity index (χ1n) is 5.30. The SMILES string of the molecule is CC.Cc1ccc(CC(N)C(=O)OO)cc1. The minimum absolute atomic E-state index is 0.361. The van der Waals surface area contributed by atoms with Crippen LogP contribution < -0.4 is 5.73 Å². The third-order valence-electron chi connectivity index (χ3n) is 1.97. The Balaban J connectivity index is 0.00000106. The summed E-state index contributed by atoms with van der Waals surface area (Å²) in [7, 11) is 0. The maximum Gasteiger partial charge on any atom is 0.358 e. The molecule has 1 aromatic carbocycles. The van der Waals surface area contributed by atoms with Crippen molar-refractivity contribution in [2.45, 2.75) is 33.2 Å². The largest absolute Gasteiger partial charge is 0.358 e. The van der Waals surface area contributed by atoms with Crippen LogP contribution in [0.5, 0.6) is 0 Å². The molecule has 0 aliphatic rings. The van der Waals surface area contributed by atoms with Crippen LogP contribution in [0.15, 0.2) is 24.3 Å². The van der Waals surface area contributed by atoms with E-state index in [-0.39, 0.29) is 0 Å². The molecule has 0 heterocycles. The fourth-order valence-corrected chi connectivity index (χ4v) is 1.13. The van der Waals surface area contributed by atoms with Gasteiger partial charge in [-0.05, 0) is 18.9 Å². The molecule has 1 rings (SSSR count). The number of carbonyl (C=O) groups is 1. The molecule has 4 heteroatoms. The first kappa shape index (κ1) is 14.6. The molecule has 3 N–H and O–H groups in total.